The number of anilines is 6. The first-order valence-electron chi connectivity index (χ1n) is 16.8. The van der Waals surface area contributed by atoms with Crippen molar-refractivity contribution in [2.75, 3.05) is 9.80 Å². The molecular weight excluding hydrogens is 597 g/mol. The van der Waals surface area contributed by atoms with Crippen molar-refractivity contribution in [3.63, 3.8) is 0 Å². The molecule has 0 bridgehead atoms. The minimum Gasteiger partial charge on any atom is -0.452 e. The molecule has 0 aliphatic carbocycles. The topological polar surface area (TPSA) is 19.6 Å². The van der Waals surface area contributed by atoms with Gasteiger partial charge in [-0.25, -0.2) is 0 Å². The average molecular weight is 631 g/mol. The molecule has 3 heteroatoms. The number of hydrogen-bond donors (Lipinski definition) is 0. The first kappa shape index (κ1) is 28.9. The summed E-state index contributed by atoms with van der Waals surface area (Å²) in [5.74, 6) is 0. The Bertz CT molecular complexity index is 2460. The highest BCUT2D eigenvalue weighted by molar-refractivity contribution is 6.31. The van der Waals surface area contributed by atoms with E-state index in [-0.39, 0.29) is 0 Å². The van der Waals surface area contributed by atoms with Crippen molar-refractivity contribution in [1.82, 2.24) is 0 Å². The number of fused-ring (bicyclic) bond motifs is 7. The highest BCUT2D eigenvalue weighted by Gasteiger charge is 2.27. The second-order valence-electron chi connectivity index (χ2n) is 12.7. The van der Waals surface area contributed by atoms with Crippen LogP contribution in [0.25, 0.3) is 43.5 Å². The fraction of sp³-hybridized carbons (Fsp3) is 0.0435. The summed E-state index contributed by atoms with van der Waals surface area (Å²) < 4.78 is 7.38. The fourth-order valence-electron chi connectivity index (χ4n) is 7.36. The van der Waals surface area contributed by atoms with Gasteiger partial charge in [-0.15, -0.1) is 0 Å². The first-order valence-corrected chi connectivity index (χ1v) is 16.8. The minimum atomic E-state index is 0.858. The molecule has 0 saturated carbocycles. The van der Waals surface area contributed by atoms with Gasteiger partial charge in [-0.05, 0) is 95.1 Å². The van der Waals surface area contributed by atoms with Crippen molar-refractivity contribution in [1.29, 1.82) is 0 Å². The molecule has 0 atom stereocenters. The van der Waals surface area contributed by atoms with Crippen LogP contribution in [0.1, 0.15) is 11.1 Å². The van der Waals surface area contributed by atoms with Crippen LogP contribution in [0.15, 0.2) is 174 Å². The molecule has 8 aromatic carbocycles. The molecule has 3 nitrogen and oxygen atoms in total. The third-order valence-electron chi connectivity index (χ3n) is 9.64. The molecule has 234 valence electrons. The average Bonchev–Trinajstić information content (AvgIpc) is 3.56. The normalized spacial score (nSPS) is 11.5. The second kappa shape index (κ2) is 11.7. The number of aryl methyl sites for hydroxylation is 2. The molecule has 9 rings (SSSR count). The summed E-state index contributed by atoms with van der Waals surface area (Å²) in [5.41, 5.74) is 10.5. The first-order chi connectivity index (χ1) is 24.2. The van der Waals surface area contributed by atoms with Gasteiger partial charge in [0.15, 0.2) is 11.2 Å². The Hall–Kier alpha value is -6.32. The van der Waals surface area contributed by atoms with Gasteiger partial charge in [-0.2, -0.15) is 0 Å². The van der Waals surface area contributed by atoms with E-state index in [4.69, 9.17) is 4.42 Å². The maximum absolute atomic E-state index is 7.38. The predicted molar refractivity (Wildman–Crippen MR) is 208 cm³/mol. The smallest absolute Gasteiger partial charge is 0.160 e. The molecular formula is C46H34N2O. The van der Waals surface area contributed by atoms with Crippen molar-refractivity contribution in [2.24, 2.45) is 0 Å². The highest BCUT2D eigenvalue weighted by atomic mass is 16.3. The van der Waals surface area contributed by atoms with Gasteiger partial charge in [-0.1, -0.05) is 121 Å². The zero-order chi connectivity index (χ0) is 32.9. The second-order valence-corrected chi connectivity index (χ2v) is 12.7. The van der Waals surface area contributed by atoms with Crippen molar-refractivity contribution >= 4 is 77.6 Å². The fourth-order valence-corrected chi connectivity index (χ4v) is 7.36. The lowest BCUT2D eigenvalue weighted by atomic mass is 9.97. The van der Waals surface area contributed by atoms with E-state index in [9.17, 15) is 0 Å². The summed E-state index contributed by atoms with van der Waals surface area (Å²) >= 11 is 0. The molecule has 0 fully saturated rings. The Morgan fingerprint density at radius 3 is 1.16 bits per heavy atom. The van der Waals surface area contributed by atoms with Crippen LogP contribution >= 0.6 is 0 Å². The van der Waals surface area contributed by atoms with E-state index in [0.29, 0.717) is 0 Å². The molecule has 0 aliphatic rings. The van der Waals surface area contributed by atoms with Crippen LogP contribution in [0.5, 0.6) is 0 Å². The Morgan fingerprint density at radius 2 is 0.735 bits per heavy atom. The molecule has 1 heterocycles. The summed E-state index contributed by atoms with van der Waals surface area (Å²) in [4.78, 5) is 4.70. The summed E-state index contributed by atoms with van der Waals surface area (Å²) in [7, 11) is 0. The van der Waals surface area contributed by atoms with Gasteiger partial charge in [0.25, 0.3) is 0 Å². The van der Waals surface area contributed by atoms with Gasteiger partial charge >= 0.3 is 0 Å². The predicted octanol–water partition coefficient (Wildman–Crippen LogP) is 13.4. The number of rotatable bonds is 6. The van der Waals surface area contributed by atoms with E-state index in [1.165, 1.54) is 21.9 Å². The molecule has 49 heavy (non-hydrogen) atoms. The van der Waals surface area contributed by atoms with Gasteiger partial charge < -0.3 is 14.2 Å². The lowest BCUT2D eigenvalue weighted by Gasteiger charge is -2.27. The van der Waals surface area contributed by atoms with Crippen LogP contribution in [0.4, 0.5) is 34.1 Å². The number of hydrogen-bond acceptors (Lipinski definition) is 3. The molecule has 1 aromatic heterocycles. The SMILES string of the molecule is Cc1ccccc1N(c1ccccc1)c1cc2ccccc2c2c1oc1c(N(c3ccccc3)c3ccccc3C)cc3ccccc3c12. The van der Waals surface area contributed by atoms with Crippen LogP contribution in [-0.4, -0.2) is 0 Å². The van der Waals surface area contributed by atoms with E-state index in [1.807, 2.05) is 0 Å². The Kier molecular flexibility index (Phi) is 6.91. The molecule has 9 aromatic rings. The molecule has 0 amide bonds. The van der Waals surface area contributed by atoms with E-state index in [2.05, 4.69) is 194 Å². The standard InChI is InChI=1S/C46H34N2O/c1-31-17-9-15-27-39(31)47(35-21-5-3-6-22-35)41-29-33-19-11-13-25-37(33)43-44-38-26-14-12-20-34(38)30-42(46(44)49-45(41)43)48(36-23-7-4-8-24-36)40-28-16-10-18-32(40)2/h3-30H,1-2H3. The van der Waals surface area contributed by atoms with Gasteiger partial charge in [0.05, 0.1) is 11.4 Å². The number of benzene rings is 8. The minimum absolute atomic E-state index is 0.858. The van der Waals surface area contributed by atoms with E-state index in [1.54, 1.807) is 0 Å². The van der Waals surface area contributed by atoms with E-state index >= 15 is 0 Å². The molecule has 0 unspecified atom stereocenters. The van der Waals surface area contributed by atoms with E-state index in [0.717, 1.165) is 66.8 Å². The molecule has 0 radical (unpaired) electrons. The summed E-state index contributed by atoms with van der Waals surface area (Å²) in [5, 5.41) is 6.90. The van der Waals surface area contributed by atoms with Crippen LogP contribution < -0.4 is 9.80 Å². The quantitative estimate of drug-likeness (QED) is 0.182. The Morgan fingerprint density at radius 1 is 0.367 bits per heavy atom. The number of furan rings is 1. The maximum Gasteiger partial charge on any atom is 0.160 e. The monoisotopic (exact) mass is 630 g/mol. The van der Waals surface area contributed by atoms with E-state index < -0.39 is 0 Å². The van der Waals surface area contributed by atoms with Crippen molar-refractivity contribution < 1.29 is 4.42 Å². The summed E-state index contributed by atoms with van der Waals surface area (Å²) in [6.45, 7) is 4.35. The third kappa shape index (κ3) is 4.74. The van der Waals surface area contributed by atoms with Crippen molar-refractivity contribution in [2.45, 2.75) is 13.8 Å². The number of nitrogens with zero attached hydrogens (tertiary/aromatic N) is 2. The summed E-state index contributed by atoms with van der Waals surface area (Å²) in [6, 6.07) is 60.4. The molecule has 0 aliphatic heterocycles. The van der Waals surface area contributed by atoms with Crippen LogP contribution in [0.2, 0.25) is 0 Å². The van der Waals surface area contributed by atoms with Crippen molar-refractivity contribution in [3.8, 4) is 0 Å². The largest absolute Gasteiger partial charge is 0.452 e. The number of para-hydroxylation sites is 4. The molecule has 0 N–H and O–H groups in total. The third-order valence-corrected chi connectivity index (χ3v) is 9.64. The van der Waals surface area contributed by atoms with Gasteiger partial charge in [0, 0.05) is 33.5 Å². The molecule has 0 saturated heterocycles. The zero-order valence-electron chi connectivity index (χ0n) is 27.5. The van der Waals surface area contributed by atoms with Gasteiger partial charge in [-0.3, -0.25) is 0 Å². The van der Waals surface area contributed by atoms with Gasteiger partial charge in [0.1, 0.15) is 0 Å². The van der Waals surface area contributed by atoms with Crippen LogP contribution in [-0.2, 0) is 0 Å². The lowest BCUT2D eigenvalue weighted by Crippen LogP contribution is -2.11. The Labute approximate surface area is 285 Å². The van der Waals surface area contributed by atoms with Crippen molar-refractivity contribution in [3.05, 3.63) is 181 Å². The highest BCUT2D eigenvalue weighted by Crippen LogP contribution is 2.51. The summed E-state index contributed by atoms with van der Waals surface area (Å²) in [6.07, 6.45) is 0. The maximum atomic E-state index is 7.38. The zero-order valence-corrected chi connectivity index (χ0v) is 27.5. The van der Waals surface area contributed by atoms with Gasteiger partial charge in [0.2, 0.25) is 0 Å². The Balaban J connectivity index is 1.48. The lowest BCUT2D eigenvalue weighted by molar-refractivity contribution is 0.669. The van der Waals surface area contributed by atoms with Crippen LogP contribution in [0, 0.1) is 13.8 Å². The van der Waals surface area contributed by atoms with Crippen LogP contribution in [0.3, 0.4) is 0 Å². The molecule has 0 spiro atoms.